The van der Waals surface area contributed by atoms with Crippen molar-refractivity contribution < 1.29 is 8.42 Å². The van der Waals surface area contributed by atoms with Crippen LogP contribution in [0.15, 0.2) is 29.2 Å². The molecule has 0 atom stereocenters. The summed E-state index contributed by atoms with van der Waals surface area (Å²) in [6.07, 6.45) is 1.89. The van der Waals surface area contributed by atoms with Crippen LogP contribution in [0.25, 0.3) is 0 Å². The fourth-order valence-corrected chi connectivity index (χ4v) is 3.60. The highest BCUT2D eigenvalue weighted by Gasteiger charge is 2.19. The second-order valence-electron chi connectivity index (χ2n) is 4.95. The average molecular weight is 303 g/mol. The van der Waals surface area contributed by atoms with Crippen molar-refractivity contribution >= 4 is 21.4 Å². The van der Waals surface area contributed by atoms with E-state index in [-0.39, 0.29) is 11.8 Å². The molecule has 1 aliphatic heterocycles. The molecular formula is C13H19ClN2O2S. The second-order valence-corrected chi connectivity index (χ2v) is 7.50. The van der Waals surface area contributed by atoms with Crippen LogP contribution in [-0.4, -0.2) is 44.7 Å². The zero-order valence-electron chi connectivity index (χ0n) is 10.8. The summed E-state index contributed by atoms with van der Waals surface area (Å²) in [6.45, 7) is 2.34. The van der Waals surface area contributed by atoms with E-state index >= 15 is 0 Å². The minimum absolute atomic E-state index is 0.143. The van der Waals surface area contributed by atoms with Crippen LogP contribution >= 0.6 is 11.6 Å². The van der Waals surface area contributed by atoms with Crippen molar-refractivity contribution in [3.8, 4) is 0 Å². The van der Waals surface area contributed by atoms with E-state index in [1.165, 1.54) is 0 Å². The minimum Gasteiger partial charge on any atom is -0.328 e. The molecule has 1 heterocycles. The smallest absolute Gasteiger partial charge is 0.179 e. The molecule has 0 amide bonds. The molecule has 2 rings (SSSR count). The van der Waals surface area contributed by atoms with Crippen molar-refractivity contribution in [2.45, 2.75) is 23.8 Å². The number of rotatable bonds is 4. The molecular weight excluding hydrogens is 284 g/mol. The van der Waals surface area contributed by atoms with E-state index in [9.17, 15) is 8.42 Å². The Morgan fingerprint density at radius 2 is 1.79 bits per heavy atom. The lowest BCUT2D eigenvalue weighted by Crippen LogP contribution is -2.41. The fourth-order valence-electron chi connectivity index (χ4n) is 2.19. The van der Waals surface area contributed by atoms with Gasteiger partial charge in [0.1, 0.15) is 0 Å². The van der Waals surface area contributed by atoms with Crippen molar-refractivity contribution in [2.75, 3.05) is 25.4 Å². The van der Waals surface area contributed by atoms with Crippen molar-refractivity contribution in [2.24, 2.45) is 5.73 Å². The molecule has 0 saturated carbocycles. The van der Waals surface area contributed by atoms with Gasteiger partial charge >= 0.3 is 0 Å². The van der Waals surface area contributed by atoms with Crippen LogP contribution in [0.5, 0.6) is 0 Å². The normalized spacial score (nSPS) is 18.6. The zero-order valence-corrected chi connectivity index (χ0v) is 12.3. The molecule has 1 aromatic rings. The standard InChI is InChI=1S/C13H19ClN2O2S/c14-11-1-3-13(4-2-11)19(17,18)10-9-16-7-5-12(15)6-8-16/h1-4,12H,5-10,15H2. The Bertz CT molecular complexity index is 508. The first-order valence-electron chi connectivity index (χ1n) is 6.43. The highest BCUT2D eigenvalue weighted by atomic mass is 35.5. The fraction of sp³-hybridized carbons (Fsp3) is 0.538. The molecule has 6 heteroatoms. The maximum Gasteiger partial charge on any atom is 0.179 e. The van der Waals surface area contributed by atoms with Crippen LogP contribution in [-0.2, 0) is 9.84 Å². The van der Waals surface area contributed by atoms with E-state index in [1.807, 2.05) is 0 Å². The highest BCUT2D eigenvalue weighted by Crippen LogP contribution is 2.16. The molecule has 19 heavy (non-hydrogen) atoms. The monoisotopic (exact) mass is 302 g/mol. The van der Waals surface area contributed by atoms with Gasteiger partial charge in [0.2, 0.25) is 0 Å². The molecule has 4 nitrogen and oxygen atoms in total. The van der Waals surface area contributed by atoms with Gasteiger partial charge in [-0.3, -0.25) is 0 Å². The average Bonchev–Trinajstić information content (AvgIpc) is 2.39. The molecule has 0 unspecified atom stereocenters. The SMILES string of the molecule is NC1CCN(CCS(=O)(=O)c2ccc(Cl)cc2)CC1. The second kappa shape index (κ2) is 6.22. The van der Waals surface area contributed by atoms with Crippen LogP contribution in [0.2, 0.25) is 5.02 Å². The number of hydrogen-bond acceptors (Lipinski definition) is 4. The first-order valence-corrected chi connectivity index (χ1v) is 8.47. The zero-order chi connectivity index (χ0) is 13.9. The third-order valence-corrected chi connectivity index (χ3v) is 5.44. The van der Waals surface area contributed by atoms with Crippen molar-refractivity contribution in [3.05, 3.63) is 29.3 Å². The summed E-state index contributed by atoms with van der Waals surface area (Å²) in [4.78, 5) is 2.50. The van der Waals surface area contributed by atoms with E-state index in [0.717, 1.165) is 25.9 Å². The van der Waals surface area contributed by atoms with E-state index in [1.54, 1.807) is 24.3 Å². The summed E-state index contributed by atoms with van der Waals surface area (Å²) in [5, 5.41) is 0.545. The topological polar surface area (TPSA) is 63.4 Å². The van der Waals surface area contributed by atoms with E-state index in [4.69, 9.17) is 17.3 Å². The van der Waals surface area contributed by atoms with Crippen LogP contribution in [0, 0.1) is 0 Å². The van der Waals surface area contributed by atoms with E-state index < -0.39 is 9.84 Å². The van der Waals surface area contributed by atoms with Gasteiger partial charge in [0.25, 0.3) is 0 Å². The predicted octanol–water partition coefficient (Wildman–Crippen LogP) is 1.54. The molecule has 1 fully saturated rings. The molecule has 0 bridgehead atoms. The summed E-state index contributed by atoms with van der Waals surface area (Å²) in [5.41, 5.74) is 5.83. The van der Waals surface area contributed by atoms with Crippen molar-refractivity contribution in [1.29, 1.82) is 0 Å². The van der Waals surface area contributed by atoms with Gasteiger partial charge in [0, 0.05) is 17.6 Å². The summed E-state index contributed by atoms with van der Waals surface area (Å²) in [5.74, 6) is 0.143. The summed E-state index contributed by atoms with van der Waals surface area (Å²) >= 11 is 5.76. The number of halogens is 1. The number of piperidine rings is 1. The first kappa shape index (κ1) is 14.8. The number of sulfone groups is 1. The van der Waals surface area contributed by atoms with Crippen LogP contribution < -0.4 is 5.73 Å². The Kier molecular flexibility index (Phi) is 4.84. The van der Waals surface area contributed by atoms with E-state index in [0.29, 0.717) is 16.5 Å². The Hall–Kier alpha value is -0.620. The molecule has 1 aliphatic rings. The van der Waals surface area contributed by atoms with Gasteiger partial charge in [-0.2, -0.15) is 0 Å². The minimum atomic E-state index is -3.22. The molecule has 0 spiro atoms. The van der Waals surface area contributed by atoms with Crippen molar-refractivity contribution in [3.63, 3.8) is 0 Å². The molecule has 2 N–H and O–H groups in total. The predicted molar refractivity (Wildman–Crippen MR) is 77.2 cm³/mol. The maximum absolute atomic E-state index is 12.2. The highest BCUT2D eigenvalue weighted by molar-refractivity contribution is 7.91. The van der Waals surface area contributed by atoms with Gasteiger partial charge in [-0.1, -0.05) is 11.6 Å². The van der Waals surface area contributed by atoms with Crippen LogP contribution in [0.4, 0.5) is 0 Å². The first-order chi connectivity index (χ1) is 8.97. The van der Waals surface area contributed by atoms with Gasteiger partial charge in [0.05, 0.1) is 10.6 Å². The van der Waals surface area contributed by atoms with Gasteiger partial charge in [0.15, 0.2) is 9.84 Å². The third kappa shape index (κ3) is 4.18. The van der Waals surface area contributed by atoms with Gasteiger partial charge in [-0.05, 0) is 50.2 Å². The largest absolute Gasteiger partial charge is 0.328 e. The third-order valence-electron chi connectivity index (χ3n) is 3.48. The Morgan fingerprint density at radius 1 is 1.21 bits per heavy atom. The van der Waals surface area contributed by atoms with Gasteiger partial charge in [-0.15, -0.1) is 0 Å². The number of benzene rings is 1. The molecule has 0 radical (unpaired) electrons. The lowest BCUT2D eigenvalue weighted by Gasteiger charge is -2.29. The molecule has 1 saturated heterocycles. The summed E-state index contributed by atoms with van der Waals surface area (Å²) in [7, 11) is -3.22. The molecule has 0 aromatic heterocycles. The molecule has 0 aliphatic carbocycles. The molecule has 1 aromatic carbocycles. The lowest BCUT2D eigenvalue weighted by atomic mass is 10.1. The van der Waals surface area contributed by atoms with Gasteiger partial charge in [-0.25, -0.2) is 8.42 Å². The number of likely N-dealkylation sites (tertiary alicyclic amines) is 1. The Labute approximate surface area is 119 Å². The summed E-state index contributed by atoms with van der Waals surface area (Å²) < 4.78 is 24.3. The molecule has 106 valence electrons. The number of hydrogen-bond donors (Lipinski definition) is 1. The number of nitrogens with two attached hydrogens (primary N) is 1. The Morgan fingerprint density at radius 3 is 2.37 bits per heavy atom. The van der Waals surface area contributed by atoms with Crippen LogP contribution in [0.3, 0.4) is 0 Å². The summed E-state index contributed by atoms with van der Waals surface area (Å²) in [6, 6.07) is 6.60. The Balaban J connectivity index is 1.92. The van der Waals surface area contributed by atoms with Crippen molar-refractivity contribution in [1.82, 2.24) is 4.90 Å². The lowest BCUT2D eigenvalue weighted by molar-refractivity contribution is 0.224. The van der Waals surface area contributed by atoms with Gasteiger partial charge < -0.3 is 10.6 Å². The number of nitrogens with zero attached hydrogens (tertiary/aromatic N) is 1. The van der Waals surface area contributed by atoms with E-state index in [2.05, 4.69) is 4.90 Å². The maximum atomic E-state index is 12.2. The quantitative estimate of drug-likeness (QED) is 0.916. The van der Waals surface area contributed by atoms with Crippen LogP contribution in [0.1, 0.15) is 12.8 Å².